The van der Waals surface area contributed by atoms with E-state index in [1.165, 1.54) is 0 Å². The number of thiophene rings is 1. The zero-order valence-electron chi connectivity index (χ0n) is 9.76. The van der Waals surface area contributed by atoms with Crippen molar-refractivity contribution >= 4 is 27.4 Å². The molecule has 19 heavy (non-hydrogen) atoms. The number of hydrogen-bond acceptors (Lipinski definition) is 2. The number of hydrogen-bond donors (Lipinski definition) is 1. The number of rotatable bonds is 2. The summed E-state index contributed by atoms with van der Waals surface area (Å²) < 4.78 is 14.7. The van der Waals surface area contributed by atoms with Crippen molar-refractivity contribution in [2.75, 3.05) is 0 Å². The van der Waals surface area contributed by atoms with Gasteiger partial charge in [0.15, 0.2) is 5.82 Å². The van der Waals surface area contributed by atoms with E-state index in [4.69, 9.17) is 5.11 Å². The van der Waals surface area contributed by atoms with Gasteiger partial charge in [0, 0.05) is 10.1 Å². The van der Waals surface area contributed by atoms with Crippen LogP contribution in [0.4, 0.5) is 4.39 Å². The summed E-state index contributed by atoms with van der Waals surface area (Å²) in [5.41, 5.74) is 1.86. The highest BCUT2D eigenvalue weighted by atomic mass is 32.1. The third-order valence-electron chi connectivity index (χ3n) is 2.93. The lowest BCUT2D eigenvalue weighted by molar-refractivity contribution is 0.0698. The fourth-order valence-corrected chi connectivity index (χ4v) is 2.92. The van der Waals surface area contributed by atoms with Crippen molar-refractivity contribution in [1.82, 2.24) is 0 Å². The van der Waals surface area contributed by atoms with Crippen molar-refractivity contribution in [2.45, 2.75) is 0 Å². The third kappa shape index (κ3) is 2.00. The molecule has 3 rings (SSSR count). The molecule has 1 N–H and O–H groups in total. The maximum Gasteiger partial charge on any atom is 0.348 e. The minimum absolute atomic E-state index is 0.236. The van der Waals surface area contributed by atoms with Crippen molar-refractivity contribution in [2.24, 2.45) is 0 Å². The average molecular weight is 272 g/mol. The van der Waals surface area contributed by atoms with Crippen LogP contribution >= 0.6 is 11.3 Å². The average Bonchev–Trinajstić information content (AvgIpc) is 2.77. The van der Waals surface area contributed by atoms with Crippen molar-refractivity contribution in [1.29, 1.82) is 0 Å². The summed E-state index contributed by atoms with van der Waals surface area (Å²) in [5.74, 6) is -1.87. The fourth-order valence-electron chi connectivity index (χ4n) is 2.02. The van der Waals surface area contributed by atoms with E-state index >= 15 is 0 Å². The summed E-state index contributed by atoms with van der Waals surface area (Å²) in [4.78, 5) is 10.7. The Morgan fingerprint density at radius 2 is 1.79 bits per heavy atom. The number of halogens is 1. The van der Waals surface area contributed by atoms with Gasteiger partial charge in [-0.05, 0) is 23.3 Å². The zero-order valence-corrected chi connectivity index (χ0v) is 10.6. The molecule has 0 aliphatic heterocycles. The highest BCUT2D eigenvalue weighted by molar-refractivity contribution is 7.20. The Balaban J connectivity index is 2.21. The van der Waals surface area contributed by atoms with Gasteiger partial charge in [-0.1, -0.05) is 36.4 Å². The number of benzene rings is 2. The van der Waals surface area contributed by atoms with E-state index in [1.807, 2.05) is 36.4 Å². The Bertz CT molecular complexity index is 762. The van der Waals surface area contributed by atoms with Crippen LogP contribution in [0, 0.1) is 5.82 Å². The molecule has 0 fully saturated rings. The molecule has 0 saturated carbocycles. The predicted octanol–water partition coefficient (Wildman–Crippen LogP) is 4.41. The lowest BCUT2D eigenvalue weighted by Crippen LogP contribution is -1.94. The largest absolute Gasteiger partial charge is 0.477 e. The molecule has 2 nitrogen and oxygen atoms in total. The van der Waals surface area contributed by atoms with Crippen LogP contribution in [0.15, 0.2) is 48.5 Å². The molecule has 4 heteroatoms. The van der Waals surface area contributed by atoms with Crippen LogP contribution in [-0.2, 0) is 0 Å². The standard InChI is InChI=1S/C15H9FO2S/c16-13-11-8-10(9-4-2-1-3-5-9)6-7-12(11)19-14(13)15(17)18/h1-8H,(H,17,18). The van der Waals surface area contributed by atoms with Crippen molar-refractivity contribution < 1.29 is 14.3 Å². The van der Waals surface area contributed by atoms with Gasteiger partial charge >= 0.3 is 5.97 Å². The van der Waals surface area contributed by atoms with E-state index in [1.54, 1.807) is 12.1 Å². The Kier molecular flexibility index (Phi) is 2.80. The van der Waals surface area contributed by atoms with E-state index < -0.39 is 11.8 Å². The first-order valence-electron chi connectivity index (χ1n) is 5.67. The normalized spacial score (nSPS) is 10.8. The molecule has 0 bridgehead atoms. The molecule has 0 saturated heterocycles. The molecule has 0 unspecified atom stereocenters. The third-order valence-corrected chi connectivity index (χ3v) is 4.06. The molecule has 0 amide bonds. The lowest BCUT2D eigenvalue weighted by atomic mass is 10.0. The van der Waals surface area contributed by atoms with Gasteiger partial charge in [0.25, 0.3) is 0 Å². The highest BCUT2D eigenvalue weighted by Crippen LogP contribution is 2.33. The Labute approximate surface area is 112 Å². The Hall–Kier alpha value is -2.20. The van der Waals surface area contributed by atoms with Gasteiger partial charge in [-0.3, -0.25) is 0 Å². The van der Waals surface area contributed by atoms with E-state index in [0.717, 1.165) is 22.5 Å². The summed E-state index contributed by atoms with van der Waals surface area (Å²) in [7, 11) is 0. The quantitative estimate of drug-likeness (QED) is 0.750. The van der Waals surface area contributed by atoms with Crippen LogP contribution in [-0.4, -0.2) is 11.1 Å². The minimum Gasteiger partial charge on any atom is -0.477 e. The van der Waals surface area contributed by atoms with E-state index in [0.29, 0.717) is 10.1 Å². The number of carboxylic acid groups (broad SMARTS) is 1. The first-order valence-corrected chi connectivity index (χ1v) is 6.49. The van der Waals surface area contributed by atoms with E-state index in [2.05, 4.69) is 0 Å². The molecular weight excluding hydrogens is 263 g/mol. The first kappa shape index (κ1) is 11.9. The monoisotopic (exact) mass is 272 g/mol. The van der Waals surface area contributed by atoms with Gasteiger partial charge in [0.1, 0.15) is 4.88 Å². The van der Waals surface area contributed by atoms with E-state index in [9.17, 15) is 9.18 Å². The van der Waals surface area contributed by atoms with Gasteiger partial charge in [-0.25, -0.2) is 9.18 Å². The van der Waals surface area contributed by atoms with Crippen molar-refractivity contribution in [3.8, 4) is 11.1 Å². The molecule has 2 aromatic carbocycles. The first-order chi connectivity index (χ1) is 9.16. The molecule has 0 aliphatic carbocycles. The zero-order chi connectivity index (χ0) is 13.4. The summed E-state index contributed by atoms with van der Waals surface area (Å²) in [6.07, 6.45) is 0. The molecule has 1 heterocycles. The summed E-state index contributed by atoms with van der Waals surface area (Å²) in [6, 6.07) is 14.9. The fraction of sp³-hybridized carbons (Fsp3) is 0. The Morgan fingerprint density at radius 3 is 2.47 bits per heavy atom. The van der Waals surface area contributed by atoms with Crippen molar-refractivity contribution in [3.63, 3.8) is 0 Å². The summed E-state index contributed by atoms with van der Waals surface area (Å²) in [5, 5.41) is 9.29. The van der Waals surface area contributed by atoms with Crippen LogP contribution in [0.5, 0.6) is 0 Å². The molecule has 94 valence electrons. The number of aromatic carboxylic acids is 1. The predicted molar refractivity (Wildman–Crippen MR) is 74.2 cm³/mol. The second-order valence-electron chi connectivity index (χ2n) is 4.13. The molecular formula is C15H9FO2S. The molecule has 0 spiro atoms. The number of carbonyl (C=O) groups is 1. The molecule has 3 aromatic rings. The van der Waals surface area contributed by atoms with E-state index in [-0.39, 0.29) is 4.88 Å². The van der Waals surface area contributed by atoms with Crippen LogP contribution in [0.25, 0.3) is 21.2 Å². The molecule has 1 aromatic heterocycles. The minimum atomic E-state index is -1.22. The number of fused-ring (bicyclic) bond motifs is 1. The Morgan fingerprint density at radius 1 is 1.05 bits per heavy atom. The molecule has 0 atom stereocenters. The van der Waals surface area contributed by atoms with Gasteiger partial charge < -0.3 is 5.11 Å². The maximum absolute atomic E-state index is 14.0. The van der Waals surface area contributed by atoms with Gasteiger partial charge in [0.05, 0.1) is 0 Å². The van der Waals surface area contributed by atoms with Gasteiger partial charge in [-0.15, -0.1) is 11.3 Å². The second-order valence-corrected chi connectivity index (χ2v) is 5.18. The topological polar surface area (TPSA) is 37.3 Å². The number of carboxylic acids is 1. The maximum atomic E-state index is 14.0. The smallest absolute Gasteiger partial charge is 0.348 e. The van der Waals surface area contributed by atoms with Crippen LogP contribution in [0.3, 0.4) is 0 Å². The lowest BCUT2D eigenvalue weighted by Gasteiger charge is -2.01. The molecule has 0 aliphatic rings. The van der Waals surface area contributed by atoms with Crippen LogP contribution < -0.4 is 0 Å². The summed E-state index contributed by atoms with van der Waals surface area (Å²) >= 11 is 0.961. The van der Waals surface area contributed by atoms with Crippen molar-refractivity contribution in [3.05, 3.63) is 59.2 Å². The SMILES string of the molecule is O=C(O)c1sc2ccc(-c3ccccc3)cc2c1F. The highest BCUT2D eigenvalue weighted by Gasteiger charge is 2.18. The second kappa shape index (κ2) is 4.48. The van der Waals surface area contributed by atoms with Crippen LogP contribution in [0.2, 0.25) is 0 Å². The molecule has 0 radical (unpaired) electrons. The summed E-state index contributed by atoms with van der Waals surface area (Å²) in [6.45, 7) is 0. The van der Waals surface area contributed by atoms with Crippen LogP contribution in [0.1, 0.15) is 9.67 Å². The van der Waals surface area contributed by atoms with Gasteiger partial charge in [0.2, 0.25) is 0 Å². The van der Waals surface area contributed by atoms with Gasteiger partial charge in [-0.2, -0.15) is 0 Å².